The summed E-state index contributed by atoms with van der Waals surface area (Å²) in [5.74, 6) is -0.284. The number of rotatable bonds is 8. The van der Waals surface area contributed by atoms with Crippen molar-refractivity contribution in [1.29, 1.82) is 0 Å². The average molecular weight is 355 g/mol. The van der Waals surface area contributed by atoms with E-state index in [9.17, 15) is 13.2 Å². The van der Waals surface area contributed by atoms with Gasteiger partial charge in [-0.25, -0.2) is 13.1 Å². The molecule has 1 saturated heterocycles. The lowest BCUT2D eigenvalue weighted by Crippen LogP contribution is -2.33. The van der Waals surface area contributed by atoms with Gasteiger partial charge in [-0.1, -0.05) is 6.07 Å². The summed E-state index contributed by atoms with van der Waals surface area (Å²) in [5, 5.41) is 2.77. The highest BCUT2D eigenvalue weighted by atomic mass is 32.2. The third-order valence-electron chi connectivity index (χ3n) is 3.78. The first kappa shape index (κ1) is 18.9. The van der Waals surface area contributed by atoms with E-state index in [1.807, 2.05) is 19.0 Å². The maximum atomic E-state index is 12.4. The van der Waals surface area contributed by atoms with Crippen LogP contribution in [0.1, 0.15) is 23.2 Å². The highest BCUT2D eigenvalue weighted by Crippen LogP contribution is 2.14. The third-order valence-corrected chi connectivity index (χ3v) is 5.20. The standard InChI is InChI=1S/C16H25N3O4S/c1-19(2)9-8-17-16(20)13-5-3-7-15(11-13)24(21,22)18-12-14-6-4-10-23-14/h3,5,7,11,14,18H,4,6,8-10,12H2,1-2H3,(H,17,20). The normalized spacial score (nSPS) is 18.0. The number of nitrogens with one attached hydrogen (secondary N) is 2. The van der Waals surface area contributed by atoms with Gasteiger partial charge in [0.15, 0.2) is 0 Å². The van der Waals surface area contributed by atoms with Crippen LogP contribution in [0.15, 0.2) is 29.2 Å². The molecular weight excluding hydrogens is 330 g/mol. The molecule has 2 rings (SSSR count). The Labute approximate surface area is 143 Å². The van der Waals surface area contributed by atoms with Gasteiger partial charge >= 0.3 is 0 Å². The lowest BCUT2D eigenvalue weighted by molar-refractivity contribution is 0.0950. The van der Waals surface area contributed by atoms with Gasteiger partial charge in [-0.2, -0.15) is 0 Å². The van der Waals surface area contributed by atoms with Gasteiger partial charge in [-0.3, -0.25) is 4.79 Å². The lowest BCUT2D eigenvalue weighted by atomic mass is 10.2. The molecule has 1 atom stereocenters. The number of likely N-dealkylation sites (N-methyl/N-ethyl adjacent to an activating group) is 1. The lowest BCUT2D eigenvalue weighted by Gasteiger charge is -2.13. The van der Waals surface area contributed by atoms with Gasteiger partial charge in [0.25, 0.3) is 5.91 Å². The van der Waals surface area contributed by atoms with E-state index >= 15 is 0 Å². The minimum Gasteiger partial charge on any atom is -0.377 e. The fourth-order valence-electron chi connectivity index (χ4n) is 2.39. The molecule has 0 radical (unpaired) electrons. The van der Waals surface area contributed by atoms with Crippen LogP contribution in [-0.2, 0) is 14.8 Å². The smallest absolute Gasteiger partial charge is 0.251 e. The van der Waals surface area contributed by atoms with Crippen molar-refractivity contribution in [2.75, 3.05) is 40.3 Å². The molecule has 0 spiro atoms. The number of amides is 1. The van der Waals surface area contributed by atoms with Crippen molar-refractivity contribution in [3.8, 4) is 0 Å². The van der Waals surface area contributed by atoms with Crippen LogP contribution in [0.25, 0.3) is 0 Å². The van der Waals surface area contributed by atoms with Crippen LogP contribution in [0.4, 0.5) is 0 Å². The molecule has 0 aromatic heterocycles. The van der Waals surface area contributed by atoms with Crippen molar-refractivity contribution in [2.45, 2.75) is 23.8 Å². The number of nitrogens with zero attached hydrogens (tertiary/aromatic N) is 1. The molecule has 1 aromatic carbocycles. The third kappa shape index (κ3) is 5.55. The van der Waals surface area contributed by atoms with E-state index in [1.54, 1.807) is 12.1 Å². The van der Waals surface area contributed by atoms with E-state index in [0.717, 1.165) is 12.8 Å². The number of carbonyl (C=O) groups excluding carboxylic acids is 1. The Morgan fingerprint density at radius 2 is 2.17 bits per heavy atom. The molecule has 1 fully saturated rings. The summed E-state index contributed by atoms with van der Waals surface area (Å²) >= 11 is 0. The molecule has 7 nitrogen and oxygen atoms in total. The topological polar surface area (TPSA) is 87.7 Å². The Kier molecular flexibility index (Phi) is 6.73. The van der Waals surface area contributed by atoms with Crippen molar-refractivity contribution < 1.29 is 17.9 Å². The van der Waals surface area contributed by atoms with Gasteiger partial charge in [-0.05, 0) is 45.1 Å². The quantitative estimate of drug-likeness (QED) is 0.706. The van der Waals surface area contributed by atoms with Crippen LogP contribution in [0.5, 0.6) is 0 Å². The predicted octanol–water partition coefficient (Wildman–Crippen LogP) is 0.435. The van der Waals surface area contributed by atoms with E-state index in [2.05, 4.69) is 10.0 Å². The summed E-state index contributed by atoms with van der Waals surface area (Å²) in [7, 11) is 0.176. The highest BCUT2D eigenvalue weighted by Gasteiger charge is 2.21. The van der Waals surface area contributed by atoms with E-state index in [-0.39, 0.29) is 23.5 Å². The summed E-state index contributed by atoms with van der Waals surface area (Å²) in [6, 6.07) is 6.04. The summed E-state index contributed by atoms with van der Waals surface area (Å²) < 4.78 is 32.7. The van der Waals surface area contributed by atoms with Gasteiger partial charge in [0.05, 0.1) is 11.0 Å². The number of benzene rings is 1. The van der Waals surface area contributed by atoms with E-state index in [0.29, 0.717) is 25.3 Å². The number of sulfonamides is 1. The number of hydrogen-bond donors (Lipinski definition) is 2. The monoisotopic (exact) mass is 355 g/mol. The van der Waals surface area contributed by atoms with E-state index in [1.165, 1.54) is 12.1 Å². The summed E-state index contributed by atoms with van der Waals surface area (Å²) in [6.07, 6.45) is 1.74. The fraction of sp³-hybridized carbons (Fsp3) is 0.562. The van der Waals surface area contributed by atoms with Crippen LogP contribution in [0.2, 0.25) is 0 Å². The van der Waals surface area contributed by atoms with E-state index in [4.69, 9.17) is 4.74 Å². The Hall–Kier alpha value is -1.48. The molecule has 0 saturated carbocycles. The van der Waals surface area contributed by atoms with Gasteiger partial charge < -0.3 is 15.0 Å². The zero-order chi connectivity index (χ0) is 17.6. The molecule has 1 heterocycles. The first-order valence-electron chi connectivity index (χ1n) is 8.03. The zero-order valence-corrected chi connectivity index (χ0v) is 14.9. The second-order valence-corrected chi connectivity index (χ2v) is 7.84. The largest absolute Gasteiger partial charge is 0.377 e. The van der Waals surface area contributed by atoms with Crippen LogP contribution in [-0.4, -0.2) is 65.7 Å². The van der Waals surface area contributed by atoms with Gasteiger partial charge in [0.2, 0.25) is 10.0 Å². The van der Waals surface area contributed by atoms with Crippen LogP contribution >= 0.6 is 0 Å². The Balaban J connectivity index is 1.98. The van der Waals surface area contributed by atoms with Crippen molar-refractivity contribution >= 4 is 15.9 Å². The van der Waals surface area contributed by atoms with Gasteiger partial charge in [0.1, 0.15) is 0 Å². The first-order valence-corrected chi connectivity index (χ1v) is 9.51. The zero-order valence-electron chi connectivity index (χ0n) is 14.1. The predicted molar refractivity (Wildman–Crippen MR) is 91.5 cm³/mol. The Morgan fingerprint density at radius 1 is 1.38 bits per heavy atom. The molecule has 1 unspecified atom stereocenters. The second kappa shape index (κ2) is 8.57. The van der Waals surface area contributed by atoms with Crippen molar-refractivity contribution in [3.05, 3.63) is 29.8 Å². The van der Waals surface area contributed by atoms with Gasteiger partial charge in [-0.15, -0.1) is 0 Å². The average Bonchev–Trinajstić information content (AvgIpc) is 3.06. The maximum absolute atomic E-state index is 12.4. The Morgan fingerprint density at radius 3 is 2.83 bits per heavy atom. The van der Waals surface area contributed by atoms with E-state index < -0.39 is 10.0 Å². The molecule has 0 bridgehead atoms. The SMILES string of the molecule is CN(C)CCNC(=O)c1cccc(S(=O)(=O)NCC2CCCO2)c1. The molecule has 2 N–H and O–H groups in total. The fourth-order valence-corrected chi connectivity index (χ4v) is 3.50. The maximum Gasteiger partial charge on any atom is 0.251 e. The molecular formula is C16H25N3O4S. The summed E-state index contributed by atoms with van der Waals surface area (Å²) in [5.41, 5.74) is 0.328. The second-order valence-electron chi connectivity index (χ2n) is 6.07. The molecule has 1 aromatic rings. The van der Waals surface area contributed by atoms with Crippen LogP contribution in [0.3, 0.4) is 0 Å². The molecule has 134 valence electrons. The van der Waals surface area contributed by atoms with Gasteiger partial charge in [0, 0.05) is 31.8 Å². The minimum atomic E-state index is -3.66. The minimum absolute atomic E-state index is 0.0720. The van der Waals surface area contributed by atoms with Crippen molar-refractivity contribution in [1.82, 2.24) is 14.9 Å². The number of hydrogen-bond acceptors (Lipinski definition) is 5. The van der Waals surface area contributed by atoms with Crippen LogP contribution < -0.4 is 10.0 Å². The molecule has 1 amide bonds. The highest BCUT2D eigenvalue weighted by molar-refractivity contribution is 7.89. The molecule has 0 aliphatic carbocycles. The van der Waals surface area contributed by atoms with Crippen molar-refractivity contribution in [2.24, 2.45) is 0 Å². The molecule has 8 heteroatoms. The Bertz CT molecular complexity index is 655. The first-order chi connectivity index (χ1) is 11.4. The van der Waals surface area contributed by atoms with Crippen molar-refractivity contribution in [3.63, 3.8) is 0 Å². The summed E-state index contributed by atoms with van der Waals surface area (Å²) in [4.78, 5) is 14.1. The molecule has 1 aliphatic rings. The molecule has 1 aliphatic heterocycles. The number of carbonyl (C=O) groups is 1. The van der Waals surface area contributed by atoms with Crippen LogP contribution in [0, 0.1) is 0 Å². The molecule has 24 heavy (non-hydrogen) atoms. The number of ether oxygens (including phenoxy) is 1. The summed E-state index contributed by atoms with van der Waals surface area (Å²) in [6.45, 7) is 2.14.